The highest BCUT2D eigenvalue weighted by Crippen LogP contribution is 2.45. The summed E-state index contributed by atoms with van der Waals surface area (Å²) < 4.78 is 22.3. The summed E-state index contributed by atoms with van der Waals surface area (Å²) in [7, 11) is 0. The molecule has 0 bridgehead atoms. The van der Waals surface area contributed by atoms with Gasteiger partial charge >= 0.3 is 11.9 Å². The Hall–Kier alpha value is -4.38. The van der Waals surface area contributed by atoms with Crippen molar-refractivity contribution in [3.8, 4) is 17.2 Å². The van der Waals surface area contributed by atoms with Gasteiger partial charge in [-0.1, -0.05) is 36.8 Å². The summed E-state index contributed by atoms with van der Waals surface area (Å²) in [6, 6.07) is 10.8. The van der Waals surface area contributed by atoms with Gasteiger partial charge in [-0.15, -0.1) is 0 Å². The van der Waals surface area contributed by atoms with Crippen LogP contribution in [0, 0.1) is 6.92 Å². The molecule has 0 spiro atoms. The molecule has 0 unspecified atom stereocenters. The van der Waals surface area contributed by atoms with Gasteiger partial charge in [0.25, 0.3) is 5.78 Å². The molecular formula is C30H30N2O8S. The number of aliphatic hydroxyl groups excluding tert-OH is 1. The molecule has 0 saturated carbocycles. The van der Waals surface area contributed by atoms with Gasteiger partial charge in [-0.25, -0.2) is 9.78 Å². The van der Waals surface area contributed by atoms with Crippen LogP contribution in [0.4, 0.5) is 5.13 Å². The zero-order chi connectivity index (χ0) is 29.1. The van der Waals surface area contributed by atoms with Crippen molar-refractivity contribution in [3.05, 3.63) is 69.7 Å². The largest absolute Gasteiger partial charge is 0.507 e. The standard InChI is InChI=1S/C30H30N2O8S/c1-4-6-12-38-20-9-7-8-18(15-20)24-23(25(33)19-10-11-21-22(16-19)40-14-13-39-21)26(34)28(35)32(24)30-31-17(3)27(41-30)29(36)37-5-2/h7-11,15-16,24,33H,4-6,12-14H2,1-3H3/t24-/m1/s1. The van der Waals surface area contributed by atoms with Gasteiger partial charge in [-0.05, 0) is 56.2 Å². The number of aromatic nitrogens is 1. The Kier molecular flexibility index (Phi) is 8.25. The topological polar surface area (TPSA) is 124 Å². The number of Topliss-reactive ketones (excluding diaryl/α,β-unsaturated/α-hetero) is 1. The number of fused-ring (bicyclic) bond motifs is 1. The normalized spacial score (nSPS) is 17.5. The molecule has 1 saturated heterocycles. The number of rotatable bonds is 9. The number of carbonyl (C=O) groups excluding carboxylic acids is 3. The van der Waals surface area contributed by atoms with E-state index in [1.165, 1.54) is 4.90 Å². The third kappa shape index (κ3) is 5.49. The van der Waals surface area contributed by atoms with Gasteiger partial charge in [0.05, 0.1) is 30.5 Å². The van der Waals surface area contributed by atoms with Crippen molar-refractivity contribution in [2.75, 3.05) is 31.3 Å². The molecule has 5 rings (SSSR count). The third-order valence-corrected chi connectivity index (χ3v) is 7.79. The van der Waals surface area contributed by atoms with Crippen LogP contribution in [0.3, 0.4) is 0 Å². The number of amides is 1. The van der Waals surface area contributed by atoms with Gasteiger partial charge in [0.1, 0.15) is 29.6 Å². The lowest BCUT2D eigenvalue weighted by molar-refractivity contribution is -0.132. The lowest BCUT2D eigenvalue weighted by atomic mass is 9.95. The predicted octanol–water partition coefficient (Wildman–Crippen LogP) is 5.20. The van der Waals surface area contributed by atoms with Crippen molar-refractivity contribution < 1.29 is 38.4 Å². The van der Waals surface area contributed by atoms with E-state index in [1.54, 1.807) is 56.3 Å². The summed E-state index contributed by atoms with van der Waals surface area (Å²) in [6.45, 7) is 6.82. The average Bonchev–Trinajstić information content (AvgIpc) is 3.49. The van der Waals surface area contributed by atoms with Gasteiger partial charge in [-0.3, -0.25) is 14.5 Å². The van der Waals surface area contributed by atoms with Crippen LogP contribution in [0.2, 0.25) is 0 Å². The predicted molar refractivity (Wildman–Crippen MR) is 152 cm³/mol. The minimum absolute atomic E-state index is 0.122. The zero-order valence-corrected chi connectivity index (χ0v) is 23.8. The molecule has 0 aliphatic carbocycles. The number of ketones is 1. The average molecular weight is 579 g/mol. The Morgan fingerprint density at radius 1 is 1.12 bits per heavy atom. The molecule has 1 fully saturated rings. The fraction of sp³-hybridized carbons (Fsp3) is 0.333. The number of hydrogen-bond donors (Lipinski definition) is 1. The van der Waals surface area contributed by atoms with Gasteiger partial charge in [0.2, 0.25) is 0 Å². The molecule has 2 aliphatic rings. The summed E-state index contributed by atoms with van der Waals surface area (Å²) in [5, 5.41) is 11.7. The molecule has 3 heterocycles. The van der Waals surface area contributed by atoms with Crippen LogP contribution in [0.1, 0.15) is 59.2 Å². The molecule has 2 aliphatic heterocycles. The van der Waals surface area contributed by atoms with E-state index >= 15 is 0 Å². The summed E-state index contributed by atoms with van der Waals surface area (Å²) in [6.07, 6.45) is 1.82. The lowest BCUT2D eigenvalue weighted by Crippen LogP contribution is -2.29. The van der Waals surface area contributed by atoms with Gasteiger partial charge in [0, 0.05) is 5.56 Å². The van der Waals surface area contributed by atoms with Gasteiger partial charge in [-0.2, -0.15) is 0 Å². The van der Waals surface area contributed by atoms with Crippen LogP contribution < -0.4 is 19.1 Å². The maximum absolute atomic E-state index is 13.6. The van der Waals surface area contributed by atoms with Crippen LogP contribution >= 0.6 is 11.3 Å². The molecule has 214 valence electrons. The molecule has 1 aromatic heterocycles. The molecule has 2 aromatic carbocycles. The first-order valence-electron chi connectivity index (χ1n) is 13.4. The quantitative estimate of drug-likeness (QED) is 0.120. The number of benzene rings is 2. The number of aliphatic hydroxyl groups is 1. The maximum atomic E-state index is 13.6. The molecule has 0 radical (unpaired) electrons. The number of nitrogens with zero attached hydrogens (tertiary/aromatic N) is 2. The van der Waals surface area contributed by atoms with E-state index in [-0.39, 0.29) is 33.5 Å². The Morgan fingerprint density at radius 2 is 1.90 bits per heavy atom. The number of ether oxygens (including phenoxy) is 4. The minimum Gasteiger partial charge on any atom is -0.507 e. The van der Waals surface area contributed by atoms with Crippen LogP contribution in [0.15, 0.2) is 48.0 Å². The van der Waals surface area contributed by atoms with Crippen molar-refractivity contribution in [2.24, 2.45) is 0 Å². The van der Waals surface area contributed by atoms with Crippen molar-refractivity contribution in [3.63, 3.8) is 0 Å². The van der Waals surface area contributed by atoms with E-state index in [2.05, 4.69) is 11.9 Å². The molecule has 3 aromatic rings. The number of anilines is 1. The maximum Gasteiger partial charge on any atom is 0.350 e. The van der Waals surface area contributed by atoms with Crippen LogP contribution in [-0.2, 0) is 14.3 Å². The van der Waals surface area contributed by atoms with Gasteiger partial charge in [0.15, 0.2) is 16.6 Å². The lowest BCUT2D eigenvalue weighted by Gasteiger charge is -2.24. The summed E-state index contributed by atoms with van der Waals surface area (Å²) in [5.41, 5.74) is 1.06. The monoisotopic (exact) mass is 578 g/mol. The van der Waals surface area contributed by atoms with E-state index in [0.717, 1.165) is 24.2 Å². The molecule has 10 nitrogen and oxygen atoms in total. The molecule has 1 atom stereocenters. The second-order valence-corrected chi connectivity index (χ2v) is 10.4. The van der Waals surface area contributed by atoms with E-state index in [4.69, 9.17) is 18.9 Å². The van der Waals surface area contributed by atoms with E-state index in [9.17, 15) is 19.5 Å². The first-order valence-corrected chi connectivity index (χ1v) is 14.2. The van der Waals surface area contributed by atoms with Crippen molar-refractivity contribution in [2.45, 2.75) is 39.7 Å². The second kappa shape index (κ2) is 12.0. The first kappa shape index (κ1) is 28.2. The molecule has 11 heteroatoms. The van der Waals surface area contributed by atoms with Crippen LogP contribution in [-0.4, -0.2) is 54.2 Å². The number of carbonyl (C=O) groups is 3. The summed E-state index contributed by atoms with van der Waals surface area (Å²) in [4.78, 5) is 45.6. The molecule has 1 amide bonds. The van der Waals surface area contributed by atoms with Crippen LogP contribution in [0.25, 0.3) is 5.76 Å². The van der Waals surface area contributed by atoms with E-state index in [1.807, 2.05) is 0 Å². The SMILES string of the molecule is CCCCOc1cccc([C@@H]2C(=C(O)c3ccc4c(c3)OCCO4)C(=O)C(=O)N2c2nc(C)c(C(=O)OCC)s2)c1. The first-order chi connectivity index (χ1) is 19.8. The zero-order valence-electron chi connectivity index (χ0n) is 23.0. The number of aryl methyl sites for hydroxylation is 1. The van der Waals surface area contributed by atoms with Crippen molar-refractivity contribution in [1.82, 2.24) is 4.98 Å². The minimum atomic E-state index is -1.04. The second-order valence-electron chi connectivity index (χ2n) is 9.43. The van der Waals surface area contributed by atoms with E-state index in [0.29, 0.717) is 48.3 Å². The molecule has 1 N–H and O–H groups in total. The highest BCUT2D eigenvalue weighted by molar-refractivity contribution is 7.17. The van der Waals surface area contributed by atoms with Gasteiger partial charge < -0.3 is 24.1 Å². The number of thiazole rings is 1. The smallest absolute Gasteiger partial charge is 0.350 e. The number of hydrogen-bond acceptors (Lipinski definition) is 10. The molecule has 41 heavy (non-hydrogen) atoms. The van der Waals surface area contributed by atoms with Crippen molar-refractivity contribution in [1.29, 1.82) is 0 Å². The third-order valence-electron chi connectivity index (χ3n) is 6.65. The Morgan fingerprint density at radius 3 is 2.66 bits per heavy atom. The summed E-state index contributed by atoms with van der Waals surface area (Å²) >= 11 is 0.953. The Balaban J connectivity index is 1.64. The number of unbranched alkanes of at least 4 members (excludes halogenated alkanes) is 1. The highest BCUT2D eigenvalue weighted by atomic mass is 32.1. The molecular weight excluding hydrogens is 548 g/mol. The Bertz CT molecular complexity index is 1530. The van der Waals surface area contributed by atoms with Crippen LogP contribution in [0.5, 0.6) is 17.2 Å². The van der Waals surface area contributed by atoms with E-state index < -0.39 is 23.7 Å². The fourth-order valence-electron chi connectivity index (χ4n) is 4.67. The summed E-state index contributed by atoms with van der Waals surface area (Å²) in [5.74, 6) is -1.20. The Labute approximate surface area is 241 Å². The highest BCUT2D eigenvalue weighted by Gasteiger charge is 2.48. The van der Waals surface area contributed by atoms with Crippen molar-refractivity contribution >= 4 is 39.9 Å². The fourth-order valence-corrected chi connectivity index (χ4v) is 5.66. The number of esters is 1.